The van der Waals surface area contributed by atoms with Gasteiger partial charge in [0.15, 0.2) is 0 Å². The Morgan fingerprint density at radius 1 is 1.12 bits per heavy atom. The van der Waals surface area contributed by atoms with Crippen molar-refractivity contribution < 1.29 is 9.53 Å². The number of aryl methyl sites for hydroxylation is 1. The zero-order valence-corrected chi connectivity index (χ0v) is 13.8. The van der Waals surface area contributed by atoms with Crippen molar-refractivity contribution in [1.29, 1.82) is 0 Å². The molecule has 0 aliphatic carbocycles. The fourth-order valence-electron chi connectivity index (χ4n) is 2.52. The van der Waals surface area contributed by atoms with Crippen LogP contribution in [0.2, 0.25) is 0 Å². The van der Waals surface area contributed by atoms with Crippen molar-refractivity contribution in [2.45, 2.75) is 13.0 Å². The number of nitrogens with one attached hydrogen (secondary N) is 1. The summed E-state index contributed by atoms with van der Waals surface area (Å²) >= 11 is 0. The van der Waals surface area contributed by atoms with Gasteiger partial charge in [-0.2, -0.15) is 0 Å². The van der Waals surface area contributed by atoms with E-state index in [1.54, 1.807) is 12.4 Å². The summed E-state index contributed by atoms with van der Waals surface area (Å²) < 4.78 is 5.82. The maximum atomic E-state index is 11.8. The second kappa shape index (κ2) is 7.49. The molecule has 0 saturated heterocycles. The van der Waals surface area contributed by atoms with E-state index in [4.69, 9.17) is 10.5 Å². The maximum Gasteiger partial charge on any atom is 0.244 e. The van der Waals surface area contributed by atoms with Crippen molar-refractivity contribution in [2.24, 2.45) is 5.73 Å². The number of pyridine rings is 1. The van der Waals surface area contributed by atoms with Gasteiger partial charge in [0, 0.05) is 11.9 Å². The number of carbonyl (C=O) groups excluding carboxylic acids is 1. The number of nitrogens with zero attached hydrogens (tertiary/aromatic N) is 1. The van der Waals surface area contributed by atoms with Crippen LogP contribution in [0.1, 0.15) is 17.2 Å². The number of carbonyl (C=O) groups is 1. The van der Waals surface area contributed by atoms with Gasteiger partial charge in [-0.05, 0) is 48.4 Å². The predicted octanol–water partition coefficient (Wildman–Crippen LogP) is 3.82. The lowest BCUT2D eigenvalue weighted by Crippen LogP contribution is -2.27. The largest absolute Gasteiger partial charge is 0.455 e. The maximum absolute atomic E-state index is 11.8. The van der Waals surface area contributed by atoms with Crippen LogP contribution < -0.4 is 15.8 Å². The van der Waals surface area contributed by atoms with Crippen LogP contribution in [0.15, 0.2) is 73.1 Å². The summed E-state index contributed by atoms with van der Waals surface area (Å²) in [6.45, 7) is 1.94. The van der Waals surface area contributed by atoms with Crippen LogP contribution in [0.3, 0.4) is 0 Å². The molecule has 3 N–H and O–H groups in total. The molecule has 5 nitrogen and oxygen atoms in total. The fourth-order valence-corrected chi connectivity index (χ4v) is 2.52. The van der Waals surface area contributed by atoms with E-state index >= 15 is 0 Å². The summed E-state index contributed by atoms with van der Waals surface area (Å²) in [5, 5.41) is 3.18. The highest BCUT2D eigenvalue weighted by Crippen LogP contribution is 2.28. The molecular weight excluding hydrogens is 314 g/mol. The number of anilines is 1. The number of benzene rings is 2. The Balaban J connectivity index is 1.79. The molecule has 1 aromatic heterocycles. The first-order valence-corrected chi connectivity index (χ1v) is 7.93. The molecule has 1 amide bonds. The van der Waals surface area contributed by atoms with Crippen molar-refractivity contribution in [3.8, 4) is 11.5 Å². The van der Waals surface area contributed by atoms with Gasteiger partial charge in [0.25, 0.3) is 0 Å². The van der Waals surface area contributed by atoms with Crippen molar-refractivity contribution in [3.05, 3.63) is 84.2 Å². The topological polar surface area (TPSA) is 77.2 Å². The van der Waals surface area contributed by atoms with Gasteiger partial charge in [0.05, 0.1) is 6.20 Å². The van der Waals surface area contributed by atoms with Gasteiger partial charge >= 0.3 is 0 Å². The summed E-state index contributed by atoms with van der Waals surface area (Å²) in [6, 6.07) is 18.1. The molecule has 25 heavy (non-hydrogen) atoms. The number of primary amides is 1. The molecule has 0 aliphatic heterocycles. The third-order valence-electron chi connectivity index (χ3n) is 3.77. The van der Waals surface area contributed by atoms with Crippen molar-refractivity contribution in [2.75, 3.05) is 5.32 Å². The summed E-state index contributed by atoms with van der Waals surface area (Å²) in [6.07, 6.45) is 3.35. The van der Waals surface area contributed by atoms with Gasteiger partial charge in [-0.25, -0.2) is 0 Å². The van der Waals surface area contributed by atoms with E-state index in [0.717, 1.165) is 22.6 Å². The van der Waals surface area contributed by atoms with Gasteiger partial charge in [0.1, 0.15) is 17.5 Å². The summed E-state index contributed by atoms with van der Waals surface area (Å²) in [7, 11) is 0. The minimum absolute atomic E-state index is 0.431. The lowest BCUT2D eigenvalue weighted by Gasteiger charge is -2.18. The van der Waals surface area contributed by atoms with Gasteiger partial charge in [0.2, 0.25) is 5.91 Å². The molecule has 0 bridgehead atoms. The Morgan fingerprint density at radius 3 is 2.56 bits per heavy atom. The molecule has 3 aromatic rings. The molecule has 0 aliphatic rings. The molecule has 0 fully saturated rings. The predicted molar refractivity (Wildman–Crippen MR) is 97.5 cm³/mol. The van der Waals surface area contributed by atoms with E-state index in [1.807, 2.05) is 67.6 Å². The SMILES string of the molecule is Cc1cc(NC(C(N)=O)c2ccccc2)ccc1Oc1cccnc1. The number of ether oxygens (including phenoxy) is 1. The van der Waals surface area contributed by atoms with Crippen LogP contribution in [0.5, 0.6) is 11.5 Å². The zero-order chi connectivity index (χ0) is 17.6. The molecule has 126 valence electrons. The molecule has 1 unspecified atom stereocenters. The van der Waals surface area contributed by atoms with Crippen LogP contribution in [0, 0.1) is 6.92 Å². The molecule has 0 radical (unpaired) electrons. The first kappa shape index (κ1) is 16.5. The van der Waals surface area contributed by atoms with Crippen LogP contribution in [-0.2, 0) is 4.79 Å². The van der Waals surface area contributed by atoms with Crippen LogP contribution in [0.4, 0.5) is 5.69 Å². The van der Waals surface area contributed by atoms with E-state index in [2.05, 4.69) is 10.3 Å². The highest BCUT2D eigenvalue weighted by Gasteiger charge is 2.17. The second-order valence-corrected chi connectivity index (χ2v) is 5.66. The van der Waals surface area contributed by atoms with E-state index in [9.17, 15) is 4.79 Å². The number of hydrogen-bond donors (Lipinski definition) is 2. The van der Waals surface area contributed by atoms with Gasteiger partial charge in [-0.1, -0.05) is 30.3 Å². The Hall–Kier alpha value is -3.34. The minimum Gasteiger partial charge on any atom is -0.455 e. The highest BCUT2D eigenvalue weighted by molar-refractivity contribution is 5.84. The number of rotatable bonds is 6. The monoisotopic (exact) mass is 333 g/mol. The molecule has 2 aromatic carbocycles. The minimum atomic E-state index is -0.592. The normalized spacial score (nSPS) is 11.6. The van der Waals surface area contributed by atoms with Gasteiger partial charge in [-0.3, -0.25) is 9.78 Å². The number of nitrogens with two attached hydrogens (primary N) is 1. The van der Waals surface area contributed by atoms with Gasteiger partial charge in [-0.15, -0.1) is 0 Å². The lowest BCUT2D eigenvalue weighted by molar-refractivity contribution is -0.118. The molecule has 1 atom stereocenters. The van der Waals surface area contributed by atoms with Crippen LogP contribution >= 0.6 is 0 Å². The number of amides is 1. The van der Waals surface area contributed by atoms with E-state index in [1.165, 1.54) is 0 Å². The molecular formula is C20H19N3O2. The smallest absolute Gasteiger partial charge is 0.244 e. The molecule has 3 rings (SSSR count). The third-order valence-corrected chi connectivity index (χ3v) is 3.77. The summed E-state index contributed by atoms with van der Waals surface area (Å²) in [5.74, 6) is 0.971. The Morgan fingerprint density at radius 2 is 1.92 bits per heavy atom. The zero-order valence-electron chi connectivity index (χ0n) is 13.8. The average Bonchev–Trinajstić information content (AvgIpc) is 2.63. The van der Waals surface area contributed by atoms with E-state index in [0.29, 0.717) is 5.75 Å². The van der Waals surface area contributed by atoms with Crippen molar-refractivity contribution in [1.82, 2.24) is 4.98 Å². The lowest BCUT2D eigenvalue weighted by atomic mass is 10.1. The van der Waals surface area contributed by atoms with E-state index < -0.39 is 11.9 Å². The molecule has 0 saturated carbocycles. The Labute approximate surface area is 146 Å². The highest BCUT2D eigenvalue weighted by atomic mass is 16.5. The molecule has 5 heteroatoms. The van der Waals surface area contributed by atoms with Crippen molar-refractivity contribution >= 4 is 11.6 Å². The van der Waals surface area contributed by atoms with Crippen LogP contribution in [0.25, 0.3) is 0 Å². The Bertz CT molecular complexity index is 851. The average molecular weight is 333 g/mol. The standard InChI is InChI=1S/C20H19N3O2/c1-14-12-16(9-10-18(14)25-17-8-5-11-22-13-17)23-19(20(21)24)15-6-3-2-4-7-15/h2-13,19,23H,1H3,(H2,21,24). The van der Waals surface area contributed by atoms with Crippen molar-refractivity contribution in [3.63, 3.8) is 0 Å². The molecule has 1 heterocycles. The molecule has 0 spiro atoms. The third kappa shape index (κ3) is 4.14. The first-order chi connectivity index (χ1) is 12.1. The van der Waals surface area contributed by atoms with E-state index in [-0.39, 0.29) is 0 Å². The fraction of sp³-hybridized carbons (Fsp3) is 0.100. The summed E-state index contributed by atoms with van der Waals surface area (Å²) in [4.78, 5) is 15.9. The number of hydrogen-bond acceptors (Lipinski definition) is 4. The van der Waals surface area contributed by atoms with Gasteiger partial charge < -0.3 is 15.8 Å². The summed E-state index contributed by atoms with van der Waals surface area (Å²) in [5.41, 5.74) is 8.11. The second-order valence-electron chi connectivity index (χ2n) is 5.66. The number of aromatic nitrogens is 1. The quantitative estimate of drug-likeness (QED) is 0.719. The Kier molecular flexibility index (Phi) is 4.95. The van der Waals surface area contributed by atoms with Crippen LogP contribution in [-0.4, -0.2) is 10.9 Å². The first-order valence-electron chi connectivity index (χ1n) is 7.93.